The second kappa shape index (κ2) is 6.95. The zero-order chi connectivity index (χ0) is 14.5. The maximum absolute atomic E-state index is 12.7. The minimum Gasteiger partial charge on any atom is -0.370 e. The highest BCUT2D eigenvalue weighted by molar-refractivity contribution is 7.99. The maximum atomic E-state index is 12.7. The first-order valence-corrected chi connectivity index (χ1v) is 6.79. The van der Waals surface area contributed by atoms with Gasteiger partial charge in [-0.25, -0.2) is 9.97 Å². The van der Waals surface area contributed by atoms with Crippen LogP contribution in [0.25, 0.3) is 0 Å². The van der Waals surface area contributed by atoms with Crippen molar-refractivity contribution in [2.24, 2.45) is 0 Å². The van der Waals surface area contributed by atoms with Gasteiger partial charge in [0.2, 0.25) is 5.82 Å². The summed E-state index contributed by atoms with van der Waals surface area (Å²) in [6, 6.07) is 1.54. The van der Waals surface area contributed by atoms with Gasteiger partial charge < -0.3 is 10.2 Å². The van der Waals surface area contributed by atoms with Crippen molar-refractivity contribution in [2.75, 3.05) is 38.3 Å². The van der Waals surface area contributed by atoms with Crippen LogP contribution in [0.3, 0.4) is 0 Å². The Bertz CT molecular complexity index is 409. The smallest absolute Gasteiger partial charge is 0.370 e. The Balaban J connectivity index is 2.87. The second-order valence-electron chi connectivity index (χ2n) is 4.09. The van der Waals surface area contributed by atoms with E-state index in [0.29, 0.717) is 17.3 Å². The molecule has 0 saturated heterocycles. The first-order chi connectivity index (χ1) is 8.82. The van der Waals surface area contributed by atoms with E-state index in [-0.39, 0.29) is 5.82 Å². The molecule has 0 saturated carbocycles. The molecule has 0 aliphatic heterocycles. The van der Waals surface area contributed by atoms with E-state index in [2.05, 4.69) is 15.3 Å². The molecular weight excluding hydrogens is 277 g/mol. The molecule has 0 atom stereocenters. The van der Waals surface area contributed by atoms with E-state index >= 15 is 0 Å². The van der Waals surface area contributed by atoms with Crippen molar-refractivity contribution < 1.29 is 13.2 Å². The molecule has 1 aromatic heterocycles. The van der Waals surface area contributed by atoms with Gasteiger partial charge in [-0.05, 0) is 21.0 Å². The lowest BCUT2D eigenvalue weighted by molar-refractivity contribution is -0.145. The number of aromatic nitrogens is 2. The Morgan fingerprint density at radius 1 is 1.32 bits per heavy atom. The molecule has 1 N–H and O–H groups in total. The van der Waals surface area contributed by atoms with Gasteiger partial charge in [0.15, 0.2) is 0 Å². The van der Waals surface area contributed by atoms with Crippen LogP contribution in [0.15, 0.2) is 11.1 Å². The first kappa shape index (κ1) is 16.0. The van der Waals surface area contributed by atoms with Gasteiger partial charge in [-0.15, -0.1) is 11.8 Å². The minimum absolute atomic E-state index is 0.206. The molecule has 0 aliphatic rings. The minimum atomic E-state index is -4.53. The SMILES string of the molecule is CCNc1cc(SCCN(C)C)nc(C(F)(F)F)n1. The number of anilines is 1. The van der Waals surface area contributed by atoms with Gasteiger partial charge in [0, 0.05) is 24.9 Å². The monoisotopic (exact) mass is 294 g/mol. The molecule has 1 heterocycles. The molecule has 1 rings (SSSR count). The fraction of sp³-hybridized carbons (Fsp3) is 0.636. The zero-order valence-electron chi connectivity index (χ0n) is 11.1. The number of thioether (sulfide) groups is 1. The molecule has 8 heteroatoms. The second-order valence-corrected chi connectivity index (χ2v) is 5.21. The van der Waals surface area contributed by atoms with Crippen LogP contribution < -0.4 is 5.32 Å². The summed E-state index contributed by atoms with van der Waals surface area (Å²) in [5.74, 6) is -0.220. The van der Waals surface area contributed by atoms with E-state index in [1.54, 1.807) is 13.0 Å². The number of hydrogen-bond donors (Lipinski definition) is 1. The number of rotatable bonds is 6. The quantitative estimate of drug-likeness (QED) is 0.645. The van der Waals surface area contributed by atoms with Crippen LogP contribution in [0.2, 0.25) is 0 Å². The summed E-state index contributed by atoms with van der Waals surface area (Å²) in [5.41, 5.74) is 0. The third-order valence-corrected chi connectivity index (χ3v) is 2.99. The molecule has 0 fully saturated rings. The summed E-state index contributed by atoms with van der Waals surface area (Å²) in [6.07, 6.45) is -4.53. The summed E-state index contributed by atoms with van der Waals surface area (Å²) in [7, 11) is 3.82. The standard InChI is InChI=1S/C11H17F3N4S/c1-4-15-8-7-9(19-6-5-18(2)3)17-10(16-8)11(12,13)14/h7H,4-6H2,1-3H3,(H,15,16,17). The summed E-state index contributed by atoms with van der Waals surface area (Å²) in [5, 5.41) is 3.12. The van der Waals surface area contributed by atoms with Crippen molar-refractivity contribution in [3.63, 3.8) is 0 Å². The highest BCUT2D eigenvalue weighted by Gasteiger charge is 2.35. The molecule has 108 valence electrons. The lowest BCUT2D eigenvalue weighted by atomic mass is 10.5. The van der Waals surface area contributed by atoms with Gasteiger partial charge in [0.1, 0.15) is 10.8 Å². The third-order valence-electron chi connectivity index (χ3n) is 2.10. The van der Waals surface area contributed by atoms with E-state index in [0.717, 1.165) is 6.54 Å². The topological polar surface area (TPSA) is 41.0 Å². The van der Waals surface area contributed by atoms with E-state index in [9.17, 15) is 13.2 Å². The van der Waals surface area contributed by atoms with Crippen molar-refractivity contribution in [1.29, 1.82) is 0 Å². The molecule has 0 unspecified atom stereocenters. The van der Waals surface area contributed by atoms with Crippen LogP contribution in [-0.4, -0.2) is 47.8 Å². The predicted octanol–water partition coefficient (Wildman–Crippen LogP) is 2.58. The van der Waals surface area contributed by atoms with E-state index in [1.165, 1.54) is 11.8 Å². The summed E-state index contributed by atoms with van der Waals surface area (Å²) in [6.45, 7) is 3.08. The number of alkyl halides is 3. The lowest BCUT2D eigenvalue weighted by Gasteiger charge is -2.12. The Kier molecular flexibility index (Phi) is 5.86. The highest BCUT2D eigenvalue weighted by Crippen LogP contribution is 2.29. The van der Waals surface area contributed by atoms with E-state index in [4.69, 9.17) is 0 Å². The molecule has 0 aliphatic carbocycles. The predicted molar refractivity (Wildman–Crippen MR) is 70.5 cm³/mol. The first-order valence-electron chi connectivity index (χ1n) is 5.80. The Labute approximate surface area is 114 Å². The van der Waals surface area contributed by atoms with Crippen LogP contribution in [0.1, 0.15) is 12.7 Å². The van der Waals surface area contributed by atoms with E-state index < -0.39 is 12.0 Å². The van der Waals surface area contributed by atoms with Crippen molar-refractivity contribution >= 4 is 17.6 Å². The molecular formula is C11H17F3N4S. The molecule has 0 spiro atoms. The number of nitrogens with zero attached hydrogens (tertiary/aromatic N) is 3. The Hall–Kier alpha value is -1.02. The normalized spacial score (nSPS) is 11.9. The number of halogens is 3. The van der Waals surface area contributed by atoms with Crippen molar-refractivity contribution in [2.45, 2.75) is 18.1 Å². The zero-order valence-corrected chi connectivity index (χ0v) is 11.9. The fourth-order valence-electron chi connectivity index (χ4n) is 1.23. The largest absolute Gasteiger partial charge is 0.451 e. The van der Waals surface area contributed by atoms with Crippen LogP contribution >= 0.6 is 11.8 Å². The van der Waals surface area contributed by atoms with Crippen LogP contribution in [-0.2, 0) is 6.18 Å². The van der Waals surface area contributed by atoms with E-state index in [1.807, 2.05) is 19.0 Å². The van der Waals surface area contributed by atoms with Crippen LogP contribution in [0.5, 0.6) is 0 Å². The van der Waals surface area contributed by atoms with Crippen LogP contribution in [0, 0.1) is 0 Å². The average molecular weight is 294 g/mol. The molecule has 0 amide bonds. The van der Waals surface area contributed by atoms with Gasteiger partial charge in [-0.3, -0.25) is 0 Å². The summed E-state index contributed by atoms with van der Waals surface area (Å²) in [4.78, 5) is 8.98. The van der Waals surface area contributed by atoms with Gasteiger partial charge in [0.25, 0.3) is 0 Å². The Morgan fingerprint density at radius 3 is 2.53 bits per heavy atom. The van der Waals surface area contributed by atoms with Gasteiger partial charge in [0.05, 0.1) is 0 Å². The average Bonchev–Trinajstić information content (AvgIpc) is 2.27. The molecule has 0 aromatic carbocycles. The van der Waals surface area contributed by atoms with Crippen molar-refractivity contribution in [1.82, 2.24) is 14.9 Å². The molecule has 19 heavy (non-hydrogen) atoms. The summed E-state index contributed by atoms with van der Waals surface area (Å²) >= 11 is 1.29. The molecule has 1 aromatic rings. The van der Waals surface area contributed by atoms with Gasteiger partial charge in [-0.1, -0.05) is 0 Å². The lowest BCUT2D eigenvalue weighted by Crippen LogP contribution is -2.16. The molecule has 0 bridgehead atoms. The number of hydrogen-bond acceptors (Lipinski definition) is 5. The number of nitrogens with one attached hydrogen (secondary N) is 1. The summed E-state index contributed by atoms with van der Waals surface area (Å²) < 4.78 is 38.0. The van der Waals surface area contributed by atoms with Gasteiger partial charge in [-0.2, -0.15) is 13.2 Å². The Morgan fingerprint density at radius 2 is 2.00 bits per heavy atom. The maximum Gasteiger partial charge on any atom is 0.451 e. The molecule has 4 nitrogen and oxygen atoms in total. The van der Waals surface area contributed by atoms with Crippen LogP contribution in [0.4, 0.5) is 19.0 Å². The highest BCUT2D eigenvalue weighted by atomic mass is 32.2. The molecule has 0 radical (unpaired) electrons. The van der Waals surface area contributed by atoms with Crippen molar-refractivity contribution in [3.8, 4) is 0 Å². The van der Waals surface area contributed by atoms with Crippen molar-refractivity contribution in [3.05, 3.63) is 11.9 Å². The van der Waals surface area contributed by atoms with Gasteiger partial charge >= 0.3 is 6.18 Å². The third kappa shape index (κ3) is 5.65. The fourth-order valence-corrected chi connectivity index (χ4v) is 2.24.